The average molecular weight is 303 g/mol. The smallest absolute Gasteiger partial charge is 0.391 e. The molecule has 20 heavy (non-hydrogen) atoms. The van der Waals surface area contributed by atoms with Gasteiger partial charge >= 0.3 is 6.18 Å². The lowest BCUT2D eigenvalue weighted by Crippen LogP contribution is -2.35. The number of thiophene rings is 1. The van der Waals surface area contributed by atoms with Gasteiger partial charge in [0.15, 0.2) is 0 Å². The fourth-order valence-corrected chi connectivity index (χ4v) is 2.77. The van der Waals surface area contributed by atoms with Crippen molar-refractivity contribution in [2.75, 3.05) is 5.73 Å². The van der Waals surface area contributed by atoms with E-state index in [1.54, 1.807) is 18.3 Å². The number of alkyl halides is 3. The molecule has 0 aromatic carbocycles. The number of amides is 1. The van der Waals surface area contributed by atoms with E-state index in [-0.39, 0.29) is 10.6 Å². The minimum absolute atomic E-state index is 0.188. The van der Waals surface area contributed by atoms with E-state index in [4.69, 9.17) is 5.73 Å². The van der Waals surface area contributed by atoms with Gasteiger partial charge in [0.2, 0.25) is 0 Å². The van der Waals surface area contributed by atoms with E-state index < -0.39 is 24.5 Å². The predicted octanol–water partition coefficient (Wildman–Crippen LogP) is 2.95. The van der Waals surface area contributed by atoms with Gasteiger partial charge in [-0.1, -0.05) is 0 Å². The molecule has 0 aliphatic heterocycles. The summed E-state index contributed by atoms with van der Waals surface area (Å²) in [4.78, 5) is 16.8. The first-order valence-electron chi connectivity index (χ1n) is 5.78. The molecule has 0 radical (unpaired) electrons. The number of hydrogen-bond acceptors (Lipinski definition) is 4. The Hall–Kier alpha value is -1.83. The van der Waals surface area contributed by atoms with Crippen LogP contribution in [-0.4, -0.2) is 23.1 Å². The van der Waals surface area contributed by atoms with Gasteiger partial charge in [-0.2, -0.15) is 13.2 Å². The van der Waals surface area contributed by atoms with E-state index >= 15 is 0 Å². The Morgan fingerprint density at radius 1 is 1.55 bits per heavy atom. The minimum Gasteiger partial charge on any atom is -0.397 e. The van der Waals surface area contributed by atoms with Crippen molar-refractivity contribution in [1.82, 2.24) is 10.3 Å². The van der Waals surface area contributed by atoms with Crippen LogP contribution in [0.3, 0.4) is 0 Å². The molecule has 0 aliphatic rings. The molecule has 8 heteroatoms. The van der Waals surface area contributed by atoms with E-state index in [0.29, 0.717) is 10.2 Å². The highest BCUT2D eigenvalue weighted by Crippen LogP contribution is 2.32. The lowest BCUT2D eigenvalue weighted by Gasteiger charge is -2.15. The Morgan fingerprint density at radius 3 is 2.85 bits per heavy atom. The van der Waals surface area contributed by atoms with Gasteiger partial charge in [-0.25, -0.2) is 4.98 Å². The van der Waals surface area contributed by atoms with Crippen molar-refractivity contribution < 1.29 is 18.0 Å². The lowest BCUT2D eigenvalue weighted by molar-refractivity contribution is -0.138. The van der Waals surface area contributed by atoms with Gasteiger partial charge in [0.05, 0.1) is 12.1 Å². The maximum atomic E-state index is 12.2. The second-order valence-corrected chi connectivity index (χ2v) is 5.39. The van der Waals surface area contributed by atoms with Crippen LogP contribution in [-0.2, 0) is 0 Å². The Balaban J connectivity index is 2.17. The summed E-state index contributed by atoms with van der Waals surface area (Å²) in [6.07, 6.45) is -3.84. The van der Waals surface area contributed by atoms with Crippen molar-refractivity contribution in [3.8, 4) is 0 Å². The monoisotopic (exact) mass is 303 g/mol. The Kier molecular flexibility index (Phi) is 3.85. The fourth-order valence-electron chi connectivity index (χ4n) is 1.81. The molecule has 2 aromatic heterocycles. The molecular formula is C12H12F3N3OS. The fraction of sp³-hybridized carbons (Fsp3) is 0.333. The van der Waals surface area contributed by atoms with Gasteiger partial charge in [0, 0.05) is 17.6 Å². The molecule has 2 heterocycles. The normalized spacial score (nSPS) is 13.4. The van der Waals surface area contributed by atoms with Crippen molar-refractivity contribution in [2.45, 2.75) is 25.6 Å². The molecule has 0 fully saturated rings. The zero-order valence-electron chi connectivity index (χ0n) is 10.5. The third kappa shape index (κ3) is 3.19. The Bertz CT molecular complexity index is 638. The maximum Gasteiger partial charge on any atom is 0.391 e. The molecule has 2 rings (SSSR count). The summed E-state index contributed by atoms with van der Waals surface area (Å²) >= 11 is 1.06. The van der Waals surface area contributed by atoms with Gasteiger partial charge in [0.25, 0.3) is 5.91 Å². The summed E-state index contributed by atoms with van der Waals surface area (Å²) in [6, 6.07) is 2.38. The van der Waals surface area contributed by atoms with Crippen molar-refractivity contribution in [2.24, 2.45) is 0 Å². The average Bonchev–Trinajstić information content (AvgIpc) is 2.65. The maximum absolute atomic E-state index is 12.2. The van der Waals surface area contributed by atoms with Crippen LogP contribution in [0.1, 0.15) is 23.0 Å². The number of fused-ring (bicyclic) bond motifs is 1. The Labute approximate surface area is 116 Å². The first-order valence-corrected chi connectivity index (χ1v) is 6.60. The summed E-state index contributed by atoms with van der Waals surface area (Å²) in [5.74, 6) is -0.609. The highest BCUT2D eigenvalue weighted by molar-refractivity contribution is 7.21. The lowest BCUT2D eigenvalue weighted by atomic mass is 10.2. The molecule has 0 saturated heterocycles. The number of carbonyl (C=O) groups is 1. The molecule has 0 spiro atoms. The first kappa shape index (κ1) is 14.6. The zero-order chi connectivity index (χ0) is 14.9. The van der Waals surface area contributed by atoms with Crippen LogP contribution in [0.15, 0.2) is 18.3 Å². The third-order valence-corrected chi connectivity index (χ3v) is 3.75. The van der Waals surface area contributed by atoms with Gasteiger partial charge in [-0.05, 0) is 19.1 Å². The molecule has 1 amide bonds. The van der Waals surface area contributed by atoms with Gasteiger partial charge < -0.3 is 11.1 Å². The molecular weight excluding hydrogens is 291 g/mol. The second-order valence-electron chi connectivity index (χ2n) is 4.39. The molecule has 3 N–H and O–H groups in total. The number of nitrogens with one attached hydrogen (secondary N) is 1. The molecule has 2 aromatic rings. The SMILES string of the molecule is CC(CC(F)(F)F)NC(=O)c1sc2ncccc2c1N. The quantitative estimate of drug-likeness (QED) is 0.916. The van der Waals surface area contributed by atoms with E-state index in [2.05, 4.69) is 10.3 Å². The van der Waals surface area contributed by atoms with Gasteiger partial charge in [-0.15, -0.1) is 11.3 Å². The summed E-state index contributed by atoms with van der Waals surface area (Å²) in [5.41, 5.74) is 6.08. The number of carbonyl (C=O) groups excluding carboxylic acids is 1. The number of hydrogen-bond donors (Lipinski definition) is 2. The number of aromatic nitrogens is 1. The van der Waals surface area contributed by atoms with Crippen molar-refractivity contribution in [1.29, 1.82) is 0 Å². The van der Waals surface area contributed by atoms with Crippen LogP contribution in [0.4, 0.5) is 18.9 Å². The molecule has 0 bridgehead atoms. The summed E-state index contributed by atoms with van der Waals surface area (Å²) in [5, 5.41) is 2.93. The van der Waals surface area contributed by atoms with Gasteiger partial charge in [-0.3, -0.25) is 4.79 Å². The van der Waals surface area contributed by atoms with Crippen LogP contribution in [0.2, 0.25) is 0 Å². The van der Waals surface area contributed by atoms with Crippen LogP contribution in [0.5, 0.6) is 0 Å². The molecule has 1 unspecified atom stereocenters. The van der Waals surface area contributed by atoms with Crippen LogP contribution < -0.4 is 11.1 Å². The first-order chi connectivity index (χ1) is 9.28. The number of halogens is 3. The summed E-state index contributed by atoms with van der Waals surface area (Å²) < 4.78 is 36.7. The number of anilines is 1. The van der Waals surface area contributed by atoms with E-state index in [0.717, 1.165) is 11.3 Å². The van der Waals surface area contributed by atoms with E-state index in [1.807, 2.05) is 0 Å². The number of nitrogen functional groups attached to an aromatic ring is 1. The topological polar surface area (TPSA) is 68.0 Å². The van der Waals surface area contributed by atoms with E-state index in [1.165, 1.54) is 6.92 Å². The van der Waals surface area contributed by atoms with Crippen molar-refractivity contribution in [3.05, 3.63) is 23.2 Å². The van der Waals surface area contributed by atoms with Crippen molar-refractivity contribution in [3.63, 3.8) is 0 Å². The largest absolute Gasteiger partial charge is 0.397 e. The molecule has 1 atom stereocenters. The second kappa shape index (κ2) is 5.28. The molecule has 4 nitrogen and oxygen atoms in total. The van der Waals surface area contributed by atoms with E-state index in [9.17, 15) is 18.0 Å². The number of pyridine rings is 1. The number of nitrogens with zero attached hydrogens (tertiary/aromatic N) is 1. The Morgan fingerprint density at radius 2 is 2.25 bits per heavy atom. The van der Waals surface area contributed by atoms with Crippen molar-refractivity contribution >= 4 is 33.1 Å². The van der Waals surface area contributed by atoms with Crippen LogP contribution in [0, 0.1) is 0 Å². The molecule has 0 saturated carbocycles. The number of nitrogens with two attached hydrogens (primary N) is 1. The van der Waals surface area contributed by atoms with Crippen LogP contribution >= 0.6 is 11.3 Å². The summed E-state index contributed by atoms with van der Waals surface area (Å²) in [7, 11) is 0. The van der Waals surface area contributed by atoms with Gasteiger partial charge in [0.1, 0.15) is 9.71 Å². The summed E-state index contributed by atoms with van der Waals surface area (Å²) in [6.45, 7) is 1.30. The highest BCUT2D eigenvalue weighted by Gasteiger charge is 2.31. The third-order valence-electron chi connectivity index (χ3n) is 2.63. The molecule has 0 aliphatic carbocycles. The standard InChI is InChI=1S/C12H12F3N3OS/c1-6(5-12(13,14)15)18-10(19)9-8(16)7-3-2-4-17-11(7)20-9/h2-4,6H,5,16H2,1H3,(H,18,19). The highest BCUT2D eigenvalue weighted by atomic mass is 32.1. The van der Waals surface area contributed by atoms with Crippen LogP contribution in [0.25, 0.3) is 10.2 Å². The predicted molar refractivity (Wildman–Crippen MR) is 71.6 cm³/mol. The molecule has 108 valence electrons. The number of rotatable bonds is 3. The minimum atomic E-state index is -4.32. The zero-order valence-corrected chi connectivity index (χ0v) is 11.3.